The molecule has 20 heavy (non-hydrogen) atoms. The lowest BCUT2D eigenvalue weighted by Gasteiger charge is -2.49. The van der Waals surface area contributed by atoms with Crippen molar-refractivity contribution in [2.24, 2.45) is 5.73 Å². The van der Waals surface area contributed by atoms with E-state index in [-0.39, 0.29) is 5.54 Å². The van der Waals surface area contributed by atoms with Gasteiger partial charge in [0.1, 0.15) is 0 Å². The van der Waals surface area contributed by atoms with E-state index >= 15 is 0 Å². The SMILES string of the molecule is CCCN1CCC(CN)(N(CCC)CCN(C)C)CC1. The Balaban J connectivity index is 2.64. The second kappa shape index (κ2) is 8.98. The third-order valence-corrected chi connectivity index (χ3v) is 4.69. The lowest BCUT2D eigenvalue weighted by atomic mass is 9.85. The molecule has 0 aliphatic carbocycles. The van der Waals surface area contributed by atoms with Crippen LogP contribution in [0.1, 0.15) is 39.5 Å². The number of nitrogens with zero attached hydrogens (tertiary/aromatic N) is 3. The van der Waals surface area contributed by atoms with Gasteiger partial charge in [-0.2, -0.15) is 0 Å². The first-order valence-electron chi connectivity index (χ1n) is 8.40. The second-order valence-electron chi connectivity index (χ2n) is 6.56. The summed E-state index contributed by atoms with van der Waals surface area (Å²) in [4.78, 5) is 7.55. The summed E-state index contributed by atoms with van der Waals surface area (Å²) in [6.45, 7) is 12.5. The Morgan fingerprint density at radius 3 is 2.10 bits per heavy atom. The van der Waals surface area contributed by atoms with Gasteiger partial charge < -0.3 is 15.5 Å². The Kier molecular flexibility index (Phi) is 8.03. The summed E-state index contributed by atoms with van der Waals surface area (Å²) in [6.07, 6.45) is 4.94. The largest absolute Gasteiger partial charge is 0.329 e. The van der Waals surface area contributed by atoms with Crippen LogP contribution in [0.3, 0.4) is 0 Å². The van der Waals surface area contributed by atoms with Gasteiger partial charge in [-0.1, -0.05) is 13.8 Å². The van der Waals surface area contributed by atoms with E-state index in [4.69, 9.17) is 5.73 Å². The summed E-state index contributed by atoms with van der Waals surface area (Å²) in [6, 6.07) is 0. The van der Waals surface area contributed by atoms with Crippen molar-refractivity contribution in [1.29, 1.82) is 0 Å². The fraction of sp³-hybridized carbons (Fsp3) is 1.00. The highest BCUT2D eigenvalue weighted by Gasteiger charge is 2.37. The minimum atomic E-state index is 0.246. The molecule has 0 atom stereocenters. The highest BCUT2D eigenvalue weighted by Crippen LogP contribution is 2.28. The van der Waals surface area contributed by atoms with Gasteiger partial charge in [-0.15, -0.1) is 0 Å². The van der Waals surface area contributed by atoms with Crippen LogP contribution in [0.5, 0.6) is 0 Å². The van der Waals surface area contributed by atoms with Crippen molar-refractivity contribution in [2.45, 2.75) is 45.1 Å². The van der Waals surface area contributed by atoms with E-state index in [1.165, 1.54) is 51.9 Å². The van der Waals surface area contributed by atoms with Crippen molar-refractivity contribution >= 4 is 0 Å². The monoisotopic (exact) mass is 284 g/mol. The van der Waals surface area contributed by atoms with Gasteiger partial charge in [-0.25, -0.2) is 0 Å². The molecule has 1 saturated heterocycles. The molecule has 0 unspecified atom stereocenters. The first-order valence-corrected chi connectivity index (χ1v) is 8.40. The van der Waals surface area contributed by atoms with Crippen LogP contribution >= 0.6 is 0 Å². The van der Waals surface area contributed by atoms with Crippen LogP contribution in [-0.4, -0.2) is 80.1 Å². The van der Waals surface area contributed by atoms with Gasteiger partial charge in [-0.05, 0) is 66.0 Å². The van der Waals surface area contributed by atoms with Crippen molar-refractivity contribution in [2.75, 3.05) is 59.9 Å². The second-order valence-corrected chi connectivity index (χ2v) is 6.56. The first kappa shape index (κ1) is 17.9. The summed E-state index contributed by atoms with van der Waals surface area (Å²) in [5.74, 6) is 0. The Morgan fingerprint density at radius 2 is 1.65 bits per heavy atom. The van der Waals surface area contributed by atoms with Crippen molar-refractivity contribution in [1.82, 2.24) is 14.7 Å². The average molecular weight is 284 g/mol. The van der Waals surface area contributed by atoms with E-state index in [1.807, 2.05) is 0 Å². The Bertz CT molecular complexity index is 247. The molecule has 1 heterocycles. The number of rotatable bonds is 9. The molecule has 0 aromatic carbocycles. The van der Waals surface area contributed by atoms with E-state index in [0.717, 1.165) is 19.6 Å². The molecule has 0 amide bonds. The van der Waals surface area contributed by atoms with Gasteiger partial charge in [0.2, 0.25) is 0 Å². The van der Waals surface area contributed by atoms with Crippen molar-refractivity contribution in [3.05, 3.63) is 0 Å². The standard InChI is InChI=1S/C16H36N4/c1-5-9-19-11-7-16(15-17,8-12-19)20(10-6-2)14-13-18(3)4/h5-15,17H2,1-4H3. The lowest BCUT2D eigenvalue weighted by molar-refractivity contribution is 0.0228. The minimum Gasteiger partial charge on any atom is -0.329 e. The van der Waals surface area contributed by atoms with Gasteiger partial charge in [-0.3, -0.25) is 4.90 Å². The van der Waals surface area contributed by atoms with Crippen LogP contribution in [0.15, 0.2) is 0 Å². The number of likely N-dealkylation sites (tertiary alicyclic amines) is 1. The summed E-state index contributed by atoms with van der Waals surface area (Å²) in [5, 5.41) is 0. The Labute approximate surface area is 126 Å². The van der Waals surface area contributed by atoms with Crippen molar-refractivity contribution in [3.8, 4) is 0 Å². The van der Waals surface area contributed by atoms with Crippen molar-refractivity contribution < 1.29 is 0 Å². The van der Waals surface area contributed by atoms with E-state index < -0.39 is 0 Å². The minimum absolute atomic E-state index is 0.246. The van der Waals surface area contributed by atoms with E-state index in [9.17, 15) is 0 Å². The molecule has 1 rings (SSSR count). The number of nitrogens with two attached hydrogens (primary N) is 1. The molecule has 1 aliphatic rings. The summed E-state index contributed by atoms with van der Waals surface area (Å²) >= 11 is 0. The van der Waals surface area contributed by atoms with Crippen LogP contribution in [0, 0.1) is 0 Å². The normalized spacial score (nSPS) is 19.9. The van der Waals surface area contributed by atoms with Crippen LogP contribution < -0.4 is 5.73 Å². The maximum atomic E-state index is 6.22. The molecule has 0 radical (unpaired) electrons. The highest BCUT2D eigenvalue weighted by atomic mass is 15.3. The first-order chi connectivity index (χ1) is 9.57. The fourth-order valence-electron chi connectivity index (χ4n) is 3.34. The molecule has 0 bridgehead atoms. The van der Waals surface area contributed by atoms with Crippen molar-refractivity contribution in [3.63, 3.8) is 0 Å². The lowest BCUT2D eigenvalue weighted by Crippen LogP contribution is -2.60. The predicted molar refractivity (Wildman–Crippen MR) is 88.2 cm³/mol. The third-order valence-electron chi connectivity index (χ3n) is 4.69. The molecule has 4 heteroatoms. The zero-order valence-electron chi connectivity index (χ0n) is 14.2. The van der Waals surface area contributed by atoms with Gasteiger partial charge in [0.15, 0.2) is 0 Å². The molecule has 0 saturated carbocycles. The molecule has 2 N–H and O–H groups in total. The average Bonchev–Trinajstić information content (AvgIpc) is 2.45. The van der Waals surface area contributed by atoms with Gasteiger partial charge in [0.05, 0.1) is 0 Å². The fourth-order valence-corrected chi connectivity index (χ4v) is 3.34. The quantitative estimate of drug-likeness (QED) is 0.695. The number of likely N-dealkylation sites (N-methyl/N-ethyl adjacent to an activating group) is 1. The molecule has 1 fully saturated rings. The van der Waals surface area contributed by atoms with E-state index in [2.05, 4.69) is 42.6 Å². The molecule has 0 aromatic heterocycles. The third kappa shape index (κ3) is 4.99. The molecule has 4 nitrogen and oxygen atoms in total. The van der Waals surface area contributed by atoms with E-state index in [0.29, 0.717) is 0 Å². The maximum absolute atomic E-state index is 6.22. The van der Waals surface area contributed by atoms with Crippen LogP contribution in [0.2, 0.25) is 0 Å². The summed E-state index contributed by atoms with van der Waals surface area (Å²) in [5.41, 5.74) is 6.47. The summed E-state index contributed by atoms with van der Waals surface area (Å²) < 4.78 is 0. The Hall–Kier alpha value is -0.160. The predicted octanol–water partition coefficient (Wildman–Crippen LogP) is 1.46. The molecule has 120 valence electrons. The van der Waals surface area contributed by atoms with Gasteiger partial charge >= 0.3 is 0 Å². The van der Waals surface area contributed by atoms with Crippen LogP contribution in [0.4, 0.5) is 0 Å². The Morgan fingerprint density at radius 1 is 1.00 bits per heavy atom. The number of hydrogen-bond acceptors (Lipinski definition) is 4. The molecular formula is C16H36N4. The number of piperidine rings is 1. The molecule has 0 spiro atoms. The van der Waals surface area contributed by atoms with Gasteiger partial charge in [0.25, 0.3) is 0 Å². The topological polar surface area (TPSA) is 35.7 Å². The molecule has 0 aromatic rings. The zero-order chi connectivity index (χ0) is 15.0. The molecular weight excluding hydrogens is 248 g/mol. The van der Waals surface area contributed by atoms with E-state index in [1.54, 1.807) is 0 Å². The van der Waals surface area contributed by atoms with Crippen LogP contribution in [0.25, 0.3) is 0 Å². The molecule has 1 aliphatic heterocycles. The zero-order valence-corrected chi connectivity index (χ0v) is 14.2. The maximum Gasteiger partial charge on any atom is 0.0356 e. The summed E-state index contributed by atoms with van der Waals surface area (Å²) in [7, 11) is 4.31. The van der Waals surface area contributed by atoms with Crippen LogP contribution in [-0.2, 0) is 0 Å². The number of hydrogen-bond donors (Lipinski definition) is 1. The van der Waals surface area contributed by atoms with Gasteiger partial charge in [0, 0.05) is 25.2 Å². The smallest absolute Gasteiger partial charge is 0.0356 e. The highest BCUT2D eigenvalue weighted by molar-refractivity contribution is 4.96.